The number of amides is 2. The van der Waals surface area contributed by atoms with Crippen LogP contribution in [0.15, 0.2) is 48.5 Å². The van der Waals surface area contributed by atoms with E-state index >= 15 is 0 Å². The number of aryl methyl sites for hydroxylation is 1. The first-order valence-electron chi connectivity index (χ1n) is 8.88. The second kappa shape index (κ2) is 10.5. The molecule has 0 heterocycles. The molecule has 148 valence electrons. The molecule has 7 nitrogen and oxygen atoms in total. The number of nitrogens with zero attached hydrogens (tertiary/aromatic N) is 1. The Bertz CT molecular complexity index is 857. The minimum absolute atomic E-state index is 0.143. The van der Waals surface area contributed by atoms with E-state index in [1.165, 1.54) is 24.3 Å². The van der Waals surface area contributed by atoms with E-state index in [1.54, 1.807) is 17.8 Å². The molecule has 28 heavy (non-hydrogen) atoms. The third-order valence-corrected chi connectivity index (χ3v) is 4.80. The minimum atomic E-state index is -0.746. The number of hydrogen-bond donors (Lipinski definition) is 2. The lowest BCUT2D eigenvalue weighted by atomic mass is 10.1. The van der Waals surface area contributed by atoms with Gasteiger partial charge in [-0.15, -0.1) is 0 Å². The zero-order valence-corrected chi connectivity index (χ0v) is 16.6. The fourth-order valence-electron chi connectivity index (χ4n) is 2.61. The molecule has 2 aromatic carbocycles. The van der Waals surface area contributed by atoms with Crippen LogP contribution < -0.4 is 10.6 Å². The summed E-state index contributed by atoms with van der Waals surface area (Å²) in [7, 11) is 0. The monoisotopic (exact) mass is 401 g/mol. The van der Waals surface area contributed by atoms with Gasteiger partial charge in [-0.1, -0.05) is 25.1 Å². The van der Waals surface area contributed by atoms with Crippen LogP contribution in [0.1, 0.15) is 29.3 Å². The molecule has 0 bridgehead atoms. The summed E-state index contributed by atoms with van der Waals surface area (Å²) in [6.07, 6.45) is 3.21. The molecule has 0 saturated heterocycles. The highest BCUT2D eigenvalue weighted by molar-refractivity contribution is 7.98. The predicted molar refractivity (Wildman–Crippen MR) is 112 cm³/mol. The zero-order chi connectivity index (χ0) is 20.5. The first-order chi connectivity index (χ1) is 13.4. The number of rotatable bonds is 9. The average Bonchev–Trinajstić information content (AvgIpc) is 2.71. The van der Waals surface area contributed by atoms with Crippen molar-refractivity contribution in [3.05, 3.63) is 69.8 Å². The van der Waals surface area contributed by atoms with E-state index in [4.69, 9.17) is 0 Å². The Labute approximate surface area is 168 Å². The number of carbonyl (C=O) groups is 2. The molecule has 8 heteroatoms. The molecule has 1 unspecified atom stereocenters. The summed E-state index contributed by atoms with van der Waals surface area (Å²) in [6, 6.07) is 12.2. The molecule has 2 N–H and O–H groups in total. The number of carbonyl (C=O) groups excluding carboxylic acids is 2. The highest BCUT2D eigenvalue weighted by Crippen LogP contribution is 2.15. The van der Waals surface area contributed by atoms with Gasteiger partial charge in [0, 0.05) is 23.4 Å². The van der Waals surface area contributed by atoms with E-state index in [-0.39, 0.29) is 17.2 Å². The van der Waals surface area contributed by atoms with Gasteiger partial charge in [-0.25, -0.2) is 0 Å². The molecule has 0 fully saturated rings. The van der Waals surface area contributed by atoms with Gasteiger partial charge in [0.15, 0.2) is 0 Å². The molecular weight excluding hydrogens is 378 g/mol. The Morgan fingerprint density at radius 2 is 1.93 bits per heavy atom. The Hall–Kier alpha value is -2.87. The lowest BCUT2D eigenvalue weighted by Crippen LogP contribution is -2.44. The molecular formula is C20H23N3O4S. The lowest BCUT2D eigenvalue weighted by Gasteiger charge is -2.18. The van der Waals surface area contributed by atoms with Crippen LogP contribution in [0.4, 0.5) is 11.4 Å². The van der Waals surface area contributed by atoms with Gasteiger partial charge >= 0.3 is 0 Å². The van der Waals surface area contributed by atoms with Crippen LogP contribution in [-0.2, 0) is 11.2 Å². The molecule has 0 radical (unpaired) electrons. The number of anilines is 1. The summed E-state index contributed by atoms with van der Waals surface area (Å²) in [4.78, 5) is 35.6. The molecule has 0 aliphatic carbocycles. The number of non-ortho nitro benzene ring substituents is 1. The maximum Gasteiger partial charge on any atom is 0.270 e. The van der Waals surface area contributed by atoms with Crippen molar-refractivity contribution in [2.24, 2.45) is 0 Å². The van der Waals surface area contributed by atoms with Crippen LogP contribution in [0, 0.1) is 10.1 Å². The smallest absolute Gasteiger partial charge is 0.270 e. The van der Waals surface area contributed by atoms with Gasteiger partial charge in [-0.3, -0.25) is 19.7 Å². The third kappa shape index (κ3) is 6.09. The number of nitro benzene ring substituents is 1. The van der Waals surface area contributed by atoms with Crippen molar-refractivity contribution in [3.63, 3.8) is 0 Å². The van der Waals surface area contributed by atoms with Gasteiger partial charge in [0.25, 0.3) is 11.6 Å². The standard InChI is InChI=1S/C20H23N3O4S/c1-3-14-6-4-8-16(12-14)21-20(25)18(10-11-28-2)22-19(24)15-7-5-9-17(13-15)23(26)27/h4-9,12-13,18H,3,10-11H2,1-2H3,(H,21,25)(H,22,24). The fraction of sp³-hybridized carbons (Fsp3) is 0.300. The molecule has 0 spiro atoms. The molecule has 0 aliphatic heterocycles. The molecule has 0 aliphatic rings. The van der Waals surface area contributed by atoms with Crippen LogP contribution in [0.2, 0.25) is 0 Å². The van der Waals surface area contributed by atoms with Gasteiger partial charge in [-0.05, 0) is 48.6 Å². The van der Waals surface area contributed by atoms with Crippen molar-refractivity contribution >= 4 is 35.0 Å². The topological polar surface area (TPSA) is 101 Å². The van der Waals surface area contributed by atoms with Crippen molar-refractivity contribution < 1.29 is 14.5 Å². The van der Waals surface area contributed by atoms with Gasteiger partial charge < -0.3 is 10.6 Å². The highest BCUT2D eigenvalue weighted by atomic mass is 32.2. The molecule has 0 aromatic heterocycles. The quantitative estimate of drug-likeness (QED) is 0.493. The van der Waals surface area contributed by atoms with Crippen molar-refractivity contribution in [3.8, 4) is 0 Å². The van der Waals surface area contributed by atoms with Crippen LogP contribution in [0.5, 0.6) is 0 Å². The number of nitrogens with one attached hydrogen (secondary N) is 2. The van der Waals surface area contributed by atoms with Gasteiger partial charge in [0.2, 0.25) is 5.91 Å². The van der Waals surface area contributed by atoms with Crippen LogP contribution in [-0.4, -0.2) is 34.8 Å². The molecule has 0 saturated carbocycles. The summed E-state index contributed by atoms with van der Waals surface area (Å²) in [5, 5.41) is 16.4. The second-order valence-electron chi connectivity index (χ2n) is 6.16. The van der Waals surface area contributed by atoms with Crippen LogP contribution >= 0.6 is 11.8 Å². The van der Waals surface area contributed by atoms with E-state index in [0.29, 0.717) is 17.9 Å². The Morgan fingerprint density at radius 1 is 1.18 bits per heavy atom. The van der Waals surface area contributed by atoms with E-state index in [1.807, 2.05) is 31.4 Å². The van der Waals surface area contributed by atoms with Crippen LogP contribution in [0.25, 0.3) is 0 Å². The van der Waals surface area contributed by atoms with Gasteiger partial charge in [-0.2, -0.15) is 11.8 Å². The molecule has 2 aromatic rings. The van der Waals surface area contributed by atoms with E-state index in [9.17, 15) is 19.7 Å². The van der Waals surface area contributed by atoms with Crippen LogP contribution in [0.3, 0.4) is 0 Å². The predicted octanol–water partition coefficient (Wildman–Crippen LogP) is 3.65. The van der Waals surface area contributed by atoms with E-state index in [0.717, 1.165) is 12.0 Å². The average molecular weight is 401 g/mol. The molecule has 1 atom stereocenters. The van der Waals surface area contributed by atoms with E-state index < -0.39 is 16.9 Å². The second-order valence-corrected chi connectivity index (χ2v) is 7.14. The van der Waals surface area contributed by atoms with Gasteiger partial charge in [0.05, 0.1) is 4.92 Å². The number of benzene rings is 2. The number of thioether (sulfide) groups is 1. The Morgan fingerprint density at radius 3 is 2.61 bits per heavy atom. The zero-order valence-electron chi connectivity index (χ0n) is 15.8. The molecule has 2 rings (SSSR count). The first-order valence-corrected chi connectivity index (χ1v) is 10.3. The first kappa shape index (κ1) is 21.4. The maximum absolute atomic E-state index is 12.7. The van der Waals surface area contributed by atoms with Crippen molar-refractivity contribution in [2.45, 2.75) is 25.8 Å². The normalized spacial score (nSPS) is 11.5. The SMILES string of the molecule is CCc1cccc(NC(=O)C(CCSC)NC(=O)c2cccc([N+](=O)[O-])c2)c1. The highest BCUT2D eigenvalue weighted by Gasteiger charge is 2.22. The Kier molecular flexibility index (Phi) is 8.01. The van der Waals surface area contributed by atoms with Crippen molar-refractivity contribution in [1.29, 1.82) is 0 Å². The summed E-state index contributed by atoms with van der Waals surface area (Å²) in [6.45, 7) is 2.03. The lowest BCUT2D eigenvalue weighted by molar-refractivity contribution is -0.384. The summed E-state index contributed by atoms with van der Waals surface area (Å²) < 4.78 is 0. The van der Waals surface area contributed by atoms with E-state index in [2.05, 4.69) is 10.6 Å². The number of hydrogen-bond acceptors (Lipinski definition) is 5. The number of nitro groups is 1. The largest absolute Gasteiger partial charge is 0.340 e. The van der Waals surface area contributed by atoms with Crippen molar-refractivity contribution in [2.75, 3.05) is 17.3 Å². The summed E-state index contributed by atoms with van der Waals surface area (Å²) >= 11 is 1.57. The Balaban J connectivity index is 2.13. The van der Waals surface area contributed by atoms with Gasteiger partial charge in [0.1, 0.15) is 6.04 Å². The maximum atomic E-state index is 12.7. The fourth-order valence-corrected chi connectivity index (χ4v) is 3.08. The molecule has 2 amide bonds. The summed E-state index contributed by atoms with van der Waals surface area (Å²) in [5.74, 6) is -0.157. The summed E-state index contributed by atoms with van der Waals surface area (Å²) in [5.41, 5.74) is 1.74. The third-order valence-electron chi connectivity index (χ3n) is 4.15. The minimum Gasteiger partial charge on any atom is -0.340 e. The van der Waals surface area contributed by atoms with Crippen molar-refractivity contribution in [1.82, 2.24) is 5.32 Å².